The van der Waals surface area contributed by atoms with Crippen LogP contribution in [-0.4, -0.2) is 34.9 Å². The fourth-order valence-corrected chi connectivity index (χ4v) is 3.53. The zero-order chi connectivity index (χ0) is 21.6. The molecule has 0 saturated carbocycles. The zero-order valence-electron chi connectivity index (χ0n) is 19.3. The van der Waals surface area contributed by atoms with Crippen LogP contribution in [0, 0.1) is 0 Å². The van der Waals surface area contributed by atoms with E-state index in [9.17, 15) is 15.0 Å². The molecule has 3 N–H and O–H groups in total. The standard InChI is InChI=1S/C25H49NO3/c1-3-5-7-9-11-12-13-15-17-19-21-25(29)26-23(22-27)24(28)20-18-16-14-10-8-6-4-2/h7,9,23-24,27-28H,3-6,8,10-22H2,1-2H3,(H,26,29)/b9-7-. The summed E-state index contributed by atoms with van der Waals surface area (Å²) in [6, 6.07) is -0.530. The molecule has 0 fully saturated rings. The van der Waals surface area contributed by atoms with Gasteiger partial charge in [0.1, 0.15) is 0 Å². The first-order chi connectivity index (χ1) is 14.2. The van der Waals surface area contributed by atoms with Gasteiger partial charge in [0.2, 0.25) is 5.91 Å². The van der Waals surface area contributed by atoms with E-state index in [4.69, 9.17) is 0 Å². The Morgan fingerprint density at radius 1 is 0.793 bits per heavy atom. The first-order valence-corrected chi connectivity index (χ1v) is 12.4. The number of hydrogen-bond acceptors (Lipinski definition) is 3. The fourth-order valence-electron chi connectivity index (χ4n) is 3.53. The Morgan fingerprint density at radius 2 is 1.38 bits per heavy atom. The molecule has 0 aliphatic rings. The van der Waals surface area contributed by atoms with Crippen LogP contribution in [0.5, 0.6) is 0 Å². The fraction of sp³-hybridized carbons (Fsp3) is 0.880. The number of aliphatic hydroxyl groups is 2. The molecule has 0 bridgehead atoms. The molecule has 2 unspecified atom stereocenters. The second kappa shape index (κ2) is 21.8. The van der Waals surface area contributed by atoms with Crippen LogP contribution in [0.3, 0.4) is 0 Å². The number of unbranched alkanes of at least 4 members (excludes halogenated alkanes) is 12. The lowest BCUT2D eigenvalue weighted by Gasteiger charge is -2.22. The third-order valence-corrected chi connectivity index (χ3v) is 5.51. The minimum Gasteiger partial charge on any atom is -0.394 e. The van der Waals surface area contributed by atoms with Gasteiger partial charge in [0, 0.05) is 6.42 Å². The van der Waals surface area contributed by atoms with Crippen molar-refractivity contribution in [2.45, 2.75) is 135 Å². The second-order valence-corrected chi connectivity index (χ2v) is 8.40. The van der Waals surface area contributed by atoms with Gasteiger partial charge in [0.15, 0.2) is 0 Å². The van der Waals surface area contributed by atoms with E-state index < -0.39 is 12.1 Å². The van der Waals surface area contributed by atoms with Gasteiger partial charge in [-0.2, -0.15) is 0 Å². The largest absolute Gasteiger partial charge is 0.394 e. The average molecular weight is 412 g/mol. The molecule has 0 aliphatic carbocycles. The summed E-state index contributed by atoms with van der Waals surface area (Å²) >= 11 is 0. The van der Waals surface area contributed by atoms with Gasteiger partial charge < -0.3 is 15.5 Å². The van der Waals surface area contributed by atoms with Crippen molar-refractivity contribution in [3.8, 4) is 0 Å². The van der Waals surface area contributed by atoms with Crippen molar-refractivity contribution in [1.82, 2.24) is 5.32 Å². The van der Waals surface area contributed by atoms with Crippen molar-refractivity contribution in [1.29, 1.82) is 0 Å². The highest BCUT2D eigenvalue weighted by Gasteiger charge is 2.19. The van der Waals surface area contributed by atoms with Crippen LogP contribution >= 0.6 is 0 Å². The molecule has 0 aliphatic heterocycles. The summed E-state index contributed by atoms with van der Waals surface area (Å²) in [6.07, 6.45) is 22.5. The number of amides is 1. The third-order valence-electron chi connectivity index (χ3n) is 5.51. The highest BCUT2D eigenvalue weighted by atomic mass is 16.3. The predicted octanol–water partition coefficient (Wildman–Crippen LogP) is 6.05. The number of hydrogen-bond donors (Lipinski definition) is 3. The lowest BCUT2D eigenvalue weighted by atomic mass is 10.0. The minimum atomic E-state index is -0.652. The highest BCUT2D eigenvalue weighted by molar-refractivity contribution is 5.76. The number of allylic oxidation sites excluding steroid dienone is 2. The van der Waals surface area contributed by atoms with Crippen molar-refractivity contribution in [3.63, 3.8) is 0 Å². The van der Waals surface area contributed by atoms with Gasteiger partial charge in [-0.15, -0.1) is 0 Å². The first kappa shape index (κ1) is 28.1. The van der Waals surface area contributed by atoms with Crippen LogP contribution < -0.4 is 5.32 Å². The molecule has 0 radical (unpaired) electrons. The Labute approximate surface area is 180 Å². The van der Waals surface area contributed by atoms with Gasteiger partial charge in [-0.05, 0) is 32.1 Å². The average Bonchev–Trinajstić information content (AvgIpc) is 2.72. The van der Waals surface area contributed by atoms with Crippen LogP contribution in [0.1, 0.15) is 123 Å². The van der Waals surface area contributed by atoms with Crippen LogP contribution in [0.25, 0.3) is 0 Å². The maximum absolute atomic E-state index is 12.1. The summed E-state index contributed by atoms with van der Waals surface area (Å²) in [6.45, 7) is 4.21. The van der Waals surface area contributed by atoms with Gasteiger partial charge in [0.25, 0.3) is 0 Å². The Balaban J connectivity index is 3.69. The number of carbonyl (C=O) groups excluding carboxylic acids is 1. The number of carbonyl (C=O) groups is 1. The topological polar surface area (TPSA) is 69.6 Å². The van der Waals surface area contributed by atoms with Crippen molar-refractivity contribution < 1.29 is 15.0 Å². The Hall–Kier alpha value is -0.870. The molecule has 0 saturated heterocycles. The lowest BCUT2D eigenvalue weighted by Crippen LogP contribution is -2.45. The van der Waals surface area contributed by atoms with Crippen LogP contribution in [-0.2, 0) is 4.79 Å². The van der Waals surface area contributed by atoms with Crippen molar-refractivity contribution in [3.05, 3.63) is 12.2 Å². The van der Waals surface area contributed by atoms with Gasteiger partial charge >= 0.3 is 0 Å². The maximum Gasteiger partial charge on any atom is 0.220 e. The molecule has 4 nitrogen and oxygen atoms in total. The summed E-state index contributed by atoms with van der Waals surface area (Å²) in [5, 5.41) is 22.6. The van der Waals surface area contributed by atoms with Gasteiger partial charge in [-0.1, -0.05) is 96.6 Å². The van der Waals surface area contributed by atoms with Crippen molar-refractivity contribution in [2.24, 2.45) is 0 Å². The molecule has 4 heteroatoms. The Kier molecular flexibility index (Phi) is 21.2. The normalized spacial score (nSPS) is 13.7. The molecular formula is C25H49NO3. The Morgan fingerprint density at radius 3 is 2.03 bits per heavy atom. The third kappa shape index (κ3) is 18.9. The summed E-state index contributed by atoms with van der Waals surface area (Å²) in [5.41, 5.74) is 0. The van der Waals surface area contributed by atoms with Crippen molar-refractivity contribution >= 4 is 5.91 Å². The number of nitrogens with one attached hydrogen (secondary N) is 1. The van der Waals surface area contributed by atoms with E-state index in [1.54, 1.807) is 0 Å². The summed E-state index contributed by atoms with van der Waals surface area (Å²) < 4.78 is 0. The number of aliphatic hydroxyl groups excluding tert-OH is 2. The SMILES string of the molecule is CCC/C=C\CCCCCCCC(=O)NC(CO)C(O)CCCCCCCCC. The van der Waals surface area contributed by atoms with Crippen LogP contribution in [0.2, 0.25) is 0 Å². The van der Waals surface area contributed by atoms with E-state index in [0.717, 1.165) is 32.1 Å². The minimum absolute atomic E-state index is 0.0508. The quantitative estimate of drug-likeness (QED) is 0.159. The van der Waals surface area contributed by atoms with E-state index in [2.05, 4.69) is 31.3 Å². The molecule has 172 valence electrons. The highest BCUT2D eigenvalue weighted by Crippen LogP contribution is 2.12. The molecular weight excluding hydrogens is 362 g/mol. The molecule has 0 aromatic heterocycles. The lowest BCUT2D eigenvalue weighted by molar-refractivity contribution is -0.123. The summed E-state index contributed by atoms with van der Waals surface area (Å²) in [5.74, 6) is -0.0508. The molecule has 2 atom stereocenters. The van der Waals surface area contributed by atoms with Gasteiger partial charge in [-0.25, -0.2) is 0 Å². The number of rotatable bonds is 21. The predicted molar refractivity (Wildman–Crippen MR) is 124 cm³/mol. The van der Waals surface area contributed by atoms with Gasteiger partial charge in [0.05, 0.1) is 18.8 Å². The monoisotopic (exact) mass is 411 g/mol. The zero-order valence-corrected chi connectivity index (χ0v) is 19.3. The second-order valence-electron chi connectivity index (χ2n) is 8.40. The van der Waals surface area contributed by atoms with Crippen molar-refractivity contribution in [2.75, 3.05) is 6.61 Å². The summed E-state index contributed by atoms with van der Waals surface area (Å²) in [7, 11) is 0. The molecule has 0 spiro atoms. The molecule has 0 aromatic carbocycles. The molecule has 0 aromatic rings. The molecule has 1 amide bonds. The van der Waals surface area contributed by atoms with E-state index in [0.29, 0.717) is 12.8 Å². The van der Waals surface area contributed by atoms with E-state index in [-0.39, 0.29) is 12.5 Å². The smallest absolute Gasteiger partial charge is 0.220 e. The van der Waals surface area contributed by atoms with Crippen LogP contribution in [0.15, 0.2) is 12.2 Å². The van der Waals surface area contributed by atoms with Gasteiger partial charge in [-0.3, -0.25) is 4.79 Å². The maximum atomic E-state index is 12.1. The Bertz CT molecular complexity index is 384. The van der Waals surface area contributed by atoms with E-state index in [1.807, 2.05) is 0 Å². The molecule has 0 heterocycles. The summed E-state index contributed by atoms with van der Waals surface area (Å²) in [4.78, 5) is 12.1. The molecule has 29 heavy (non-hydrogen) atoms. The van der Waals surface area contributed by atoms with Crippen LogP contribution in [0.4, 0.5) is 0 Å². The molecule has 0 rings (SSSR count). The van der Waals surface area contributed by atoms with E-state index >= 15 is 0 Å². The first-order valence-electron chi connectivity index (χ1n) is 12.4. The van der Waals surface area contributed by atoms with E-state index in [1.165, 1.54) is 64.2 Å².